The second-order valence-corrected chi connectivity index (χ2v) is 6.43. The minimum Gasteiger partial charge on any atom is -0.391 e. The number of hydrogen-bond donors (Lipinski definition) is 2. The molecule has 3 rings (SSSR count). The van der Waals surface area contributed by atoms with Crippen molar-refractivity contribution < 1.29 is 14.3 Å². The van der Waals surface area contributed by atoms with Crippen molar-refractivity contribution in [1.82, 2.24) is 10.2 Å². The van der Waals surface area contributed by atoms with E-state index in [9.17, 15) is 14.3 Å². The van der Waals surface area contributed by atoms with Crippen molar-refractivity contribution >= 4 is 11.7 Å². The summed E-state index contributed by atoms with van der Waals surface area (Å²) < 4.78 is 13.9. The summed E-state index contributed by atoms with van der Waals surface area (Å²) in [6.45, 7) is 2.50. The molecule has 6 heteroatoms. The Labute approximate surface area is 136 Å². The minimum absolute atomic E-state index is 0.00919. The number of hydrogen-bond acceptors (Lipinski definition) is 3. The Morgan fingerprint density at radius 2 is 1.96 bits per heavy atom. The Kier molecular flexibility index (Phi) is 5.00. The number of β-amino-alcohol motifs (C(OH)–C–C–N with tert-alkyl or cyclic N) is 1. The van der Waals surface area contributed by atoms with E-state index in [1.165, 1.54) is 6.07 Å². The Hall–Kier alpha value is -1.82. The number of amides is 2. The van der Waals surface area contributed by atoms with Gasteiger partial charge in [0, 0.05) is 32.2 Å². The first-order valence-electron chi connectivity index (χ1n) is 8.36. The molecule has 0 spiro atoms. The molecule has 2 fully saturated rings. The van der Waals surface area contributed by atoms with Crippen LogP contribution in [0.2, 0.25) is 0 Å². The number of aliphatic hydroxyl groups is 1. The van der Waals surface area contributed by atoms with Gasteiger partial charge in [-0.2, -0.15) is 0 Å². The normalized spacial score (nSPS) is 25.3. The van der Waals surface area contributed by atoms with Crippen LogP contribution in [-0.2, 0) is 0 Å². The summed E-state index contributed by atoms with van der Waals surface area (Å²) in [4.78, 5) is 16.0. The van der Waals surface area contributed by atoms with Gasteiger partial charge in [-0.25, -0.2) is 9.18 Å². The highest BCUT2D eigenvalue weighted by molar-refractivity contribution is 5.74. The molecule has 2 aliphatic rings. The average Bonchev–Trinajstić information content (AvgIpc) is 2.55. The number of aliphatic hydroxyl groups excluding tert-OH is 1. The molecule has 126 valence electrons. The highest BCUT2D eigenvalue weighted by atomic mass is 19.1. The van der Waals surface area contributed by atoms with Crippen LogP contribution in [0.5, 0.6) is 0 Å². The molecule has 0 radical (unpaired) electrons. The number of nitrogens with one attached hydrogen (secondary N) is 1. The molecule has 0 aromatic heterocycles. The predicted molar refractivity (Wildman–Crippen MR) is 87.0 cm³/mol. The summed E-state index contributed by atoms with van der Waals surface area (Å²) in [6, 6.07) is 6.64. The first-order chi connectivity index (χ1) is 11.1. The molecule has 0 unspecified atom stereocenters. The zero-order valence-corrected chi connectivity index (χ0v) is 13.2. The second-order valence-electron chi connectivity index (χ2n) is 6.43. The number of para-hydroxylation sites is 1. The number of halogens is 1. The summed E-state index contributed by atoms with van der Waals surface area (Å²) in [5.41, 5.74) is 0.597. The lowest BCUT2D eigenvalue weighted by molar-refractivity contribution is 0.0831. The fourth-order valence-corrected chi connectivity index (χ4v) is 3.43. The quantitative estimate of drug-likeness (QED) is 0.875. The molecule has 0 saturated carbocycles. The third kappa shape index (κ3) is 3.93. The van der Waals surface area contributed by atoms with Gasteiger partial charge in [0.25, 0.3) is 0 Å². The van der Waals surface area contributed by atoms with Crippen LogP contribution in [-0.4, -0.2) is 54.4 Å². The average molecular weight is 321 g/mol. The second kappa shape index (κ2) is 7.17. The van der Waals surface area contributed by atoms with E-state index in [0.717, 1.165) is 32.2 Å². The maximum Gasteiger partial charge on any atom is 0.317 e. The van der Waals surface area contributed by atoms with Crippen LogP contribution in [0.15, 0.2) is 24.3 Å². The minimum atomic E-state index is -0.421. The van der Waals surface area contributed by atoms with Gasteiger partial charge in [-0.05, 0) is 37.8 Å². The zero-order chi connectivity index (χ0) is 16.2. The van der Waals surface area contributed by atoms with Crippen LogP contribution in [0.1, 0.15) is 25.7 Å². The van der Waals surface area contributed by atoms with Gasteiger partial charge < -0.3 is 20.2 Å². The van der Waals surface area contributed by atoms with Gasteiger partial charge >= 0.3 is 6.03 Å². The van der Waals surface area contributed by atoms with Crippen molar-refractivity contribution in [3.8, 4) is 0 Å². The third-order valence-corrected chi connectivity index (χ3v) is 4.63. The maximum absolute atomic E-state index is 13.9. The first-order valence-corrected chi connectivity index (χ1v) is 8.36. The van der Waals surface area contributed by atoms with Gasteiger partial charge in [-0.15, -0.1) is 0 Å². The van der Waals surface area contributed by atoms with Gasteiger partial charge in [0.1, 0.15) is 5.82 Å². The van der Waals surface area contributed by atoms with Crippen LogP contribution in [0, 0.1) is 5.82 Å². The highest BCUT2D eigenvalue weighted by Gasteiger charge is 2.27. The molecule has 1 aromatic rings. The number of likely N-dealkylation sites (tertiary alicyclic amines) is 1. The Bertz CT molecular complexity index is 554. The fourth-order valence-electron chi connectivity index (χ4n) is 3.43. The standard InChI is InChI=1S/C17H24FN3O2/c18-15-7-1-2-8-16(15)20-9-3-5-13(11-20)19-17(23)21-10-4-6-14(22)12-21/h1-2,7-8,13-14,22H,3-6,9-12H2,(H,19,23)/t13-,14-/m1/s1. The number of carbonyl (C=O) groups is 1. The van der Waals surface area contributed by atoms with Gasteiger partial charge in [-0.3, -0.25) is 0 Å². The lowest BCUT2D eigenvalue weighted by Gasteiger charge is -2.37. The van der Waals surface area contributed by atoms with E-state index in [4.69, 9.17) is 0 Å². The van der Waals surface area contributed by atoms with Crippen molar-refractivity contribution in [2.45, 2.75) is 37.8 Å². The van der Waals surface area contributed by atoms with Crippen molar-refractivity contribution in [3.05, 3.63) is 30.1 Å². The number of benzene rings is 1. The number of anilines is 1. The number of nitrogens with zero attached hydrogens (tertiary/aromatic N) is 2. The van der Waals surface area contributed by atoms with E-state index in [1.54, 1.807) is 17.0 Å². The zero-order valence-electron chi connectivity index (χ0n) is 13.2. The highest BCUT2D eigenvalue weighted by Crippen LogP contribution is 2.23. The van der Waals surface area contributed by atoms with Gasteiger partial charge in [0.2, 0.25) is 0 Å². The molecule has 1 aromatic carbocycles. The van der Waals surface area contributed by atoms with Gasteiger partial charge in [0.05, 0.1) is 11.8 Å². The molecule has 2 atom stereocenters. The molecule has 0 bridgehead atoms. The number of rotatable bonds is 2. The largest absolute Gasteiger partial charge is 0.391 e. The van der Waals surface area contributed by atoms with Crippen LogP contribution in [0.4, 0.5) is 14.9 Å². The summed E-state index contributed by atoms with van der Waals surface area (Å²) >= 11 is 0. The number of piperidine rings is 2. The van der Waals surface area contributed by atoms with Gasteiger partial charge in [-0.1, -0.05) is 12.1 Å². The van der Waals surface area contributed by atoms with E-state index < -0.39 is 6.10 Å². The predicted octanol–water partition coefficient (Wildman–Crippen LogP) is 1.96. The van der Waals surface area contributed by atoms with Crippen molar-refractivity contribution in [1.29, 1.82) is 0 Å². The molecule has 2 aliphatic heterocycles. The summed E-state index contributed by atoms with van der Waals surface area (Å²) in [5, 5.41) is 12.7. The monoisotopic (exact) mass is 321 g/mol. The number of urea groups is 1. The van der Waals surface area contributed by atoms with E-state index >= 15 is 0 Å². The molecule has 2 heterocycles. The fraction of sp³-hybridized carbons (Fsp3) is 0.588. The SMILES string of the molecule is O=C(N[C@@H]1CCCN(c2ccccc2F)C1)N1CCC[C@@H](O)C1. The summed E-state index contributed by atoms with van der Waals surface area (Å²) in [5.74, 6) is -0.223. The number of carbonyl (C=O) groups excluding carboxylic acids is 1. The Morgan fingerprint density at radius 3 is 2.74 bits per heavy atom. The Balaban J connectivity index is 1.58. The topological polar surface area (TPSA) is 55.8 Å². The third-order valence-electron chi connectivity index (χ3n) is 4.63. The van der Waals surface area contributed by atoms with Crippen LogP contribution >= 0.6 is 0 Å². The lowest BCUT2D eigenvalue weighted by atomic mass is 10.0. The molecular weight excluding hydrogens is 297 g/mol. The van der Waals surface area contributed by atoms with Crippen molar-refractivity contribution in [3.63, 3.8) is 0 Å². The van der Waals surface area contributed by atoms with Gasteiger partial charge in [0.15, 0.2) is 0 Å². The molecular formula is C17H24FN3O2. The smallest absolute Gasteiger partial charge is 0.317 e. The van der Waals surface area contributed by atoms with E-state index in [-0.39, 0.29) is 17.9 Å². The van der Waals surface area contributed by atoms with E-state index in [2.05, 4.69) is 5.32 Å². The van der Waals surface area contributed by atoms with Crippen molar-refractivity contribution in [2.75, 3.05) is 31.1 Å². The molecule has 0 aliphatic carbocycles. The molecule has 2 amide bonds. The van der Waals surface area contributed by atoms with Crippen LogP contribution < -0.4 is 10.2 Å². The molecule has 23 heavy (non-hydrogen) atoms. The van der Waals surface area contributed by atoms with E-state index in [1.807, 2.05) is 11.0 Å². The van der Waals surface area contributed by atoms with Crippen molar-refractivity contribution in [2.24, 2.45) is 0 Å². The summed E-state index contributed by atoms with van der Waals surface area (Å²) in [7, 11) is 0. The van der Waals surface area contributed by atoms with E-state index in [0.29, 0.717) is 25.3 Å². The van der Waals surface area contributed by atoms with Crippen LogP contribution in [0.25, 0.3) is 0 Å². The van der Waals surface area contributed by atoms with Crippen LogP contribution in [0.3, 0.4) is 0 Å². The lowest BCUT2D eigenvalue weighted by Crippen LogP contribution is -2.54. The molecule has 2 saturated heterocycles. The molecule has 2 N–H and O–H groups in total. The Morgan fingerprint density at radius 1 is 1.17 bits per heavy atom. The molecule has 5 nitrogen and oxygen atoms in total. The first kappa shape index (κ1) is 16.1. The summed E-state index contributed by atoms with van der Waals surface area (Å²) in [6.07, 6.45) is 2.99. The maximum atomic E-state index is 13.9.